The Hall–Kier alpha value is -1.97. The van der Waals surface area contributed by atoms with Crippen LogP contribution in [0.5, 0.6) is 0 Å². The molecule has 0 heterocycles. The highest BCUT2D eigenvalue weighted by Crippen LogP contribution is 2.26. The number of rotatable bonds is 17. The van der Waals surface area contributed by atoms with Crippen molar-refractivity contribution in [3.63, 3.8) is 0 Å². The van der Waals surface area contributed by atoms with E-state index in [0.29, 0.717) is 33.0 Å². The third-order valence-electron chi connectivity index (χ3n) is 5.59. The van der Waals surface area contributed by atoms with E-state index in [2.05, 4.69) is 0 Å². The Bertz CT molecular complexity index is 984. The first-order chi connectivity index (χ1) is 18.5. The predicted octanol–water partition coefficient (Wildman–Crippen LogP) is 3.74. The molecular weight excluding hydrogens is 533 g/mol. The summed E-state index contributed by atoms with van der Waals surface area (Å²) in [6.45, 7) is 11.6. The summed E-state index contributed by atoms with van der Waals surface area (Å²) in [6.07, 6.45) is 0. The molecule has 0 saturated heterocycles. The molecule has 7 nitrogen and oxygen atoms in total. The van der Waals surface area contributed by atoms with Crippen molar-refractivity contribution in [1.82, 2.24) is 0 Å². The molecular formula is C28H40O7Si3. The van der Waals surface area contributed by atoms with Crippen LogP contribution in [0.15, 0.2) is 91.0 Å². The van der Waals surface area contributed by atoms with Crippen molar-refractivity contribution >= 4 is 42.0 Å². The van der Waals surface area contributed by atoms with E-state index in [0.717, 1.165) is 15.6 Å². The zero-order valence-electron chi connectivity index (χ0n) is 23.1. The monoisotopic (exact) mass is 572 g/mol. The van der Waals surface area contributed by atoms with Crippen molar-refractivity contribution in [3.8, 4) is 0 Å². The van der Waals surface area contributed by atoms with Gasteiger partial charge in [0.1, 0.15) is 0 Å². The van der Waals surface area contributed by atoms with Crippen LogP contribution in [-0.4, -0.2) is 59.4 Å². The van der Waals surface area contributed by atoms with Crippen LogP contribution in [0.4, 0.5) is 0 Å². The lowest BCUT2D eigenvalue weighted by Crippen LogP contribution is -2.74. The van der Waals surface area contributed by atoms with Gasteiger partial charge >= 0.3 is 26.4 Å². The average Bonchev–Trinajstić information content (AvgIpc) is 2.95. The molecule has 0 atom stereocenters. The molecule has 0 bridgehead atoms. The molecule has 0 aliphatic heterocycles. The van der Waals surface area contributed by atoms with E-state index in [1.807, 2.05) is 126 Å². The van der Waals surface area contributed by atoms with E-state index in [9.17, 15) is 0 Å². The van der Waals surface area contributed by atoms with Crippen molar-refractivity contribution in [2.75, 3.05) is 33.0 Å². The molecule has 3 aromatic carbocycles. The molecule has 38 heavy (non-hydrogen) atoms. The Kier molecular flexibility index (Phi) is 12.1. The van der Waals surface area contributed by atoms with Gasteiger partial charge in [0.25, 0.3) is 0 Å². The first kappa shape index (κ1) is 30.6. The lowest BCUT2D eigenvalue weighted by Gasteiger charge is -2.42. The van der Waals surface area contributed by atoms with Gasteiger partial charge in [-0.2, -0.15) is 0 Å². The Morgan fingerprint density at radius 1 is 0.368 bits per heavy atom. The molecule has 0 unspecified atom stereocenters. The SMILES string of the molecule is CCO[Si](OCC)(O[Si](OCC)(O[Si](OCC)(OCC)c1ccccc1)c1ccccc1)c1ccccc1. The Balaban J connectivity index is 2.28. The minimum Gasteiger partial charge on any atom is -0.371 e. The maximum absolute atomic E-state index is 7.15. The van der Waals surface area contributed by atoms with E-state index < -0.39 is 26.4 Å². The Labute approximate surface area is 230 Å². The summed E-state index contributed by atoms with van der Waals surface area (Å²) in [4.78, 5) is 0. The lowest BCUT2D eigenvalue weighted by molar-refractivity contribution is 0.0593. The van der Waals surface area contributed by atoms with E-state index in [-0.39, 0.29) is 0 Å². The molecule has 206 valence electrons. The average molecular weight is 573 g/mol. The molecule has 0 spiro atoms. The molecule has 0 aliphatic carbocycles. The molecule has 3 rings (SSSR count). The van der Waals surface area contributed by atoms with Gasteiger partial charge in [0, 0.05) is 48.6 Å². The standard InChI is InChI=1S/C28H40O7Si3/c1-6-29-36(30-7-2,26-20-14-11-15-21-26)34-38(33-10-5,28-24-18-13-19-25-28)35-37(31-8-3,32-9-4)27-22-16-12-17-23-27/h11-25H,6-10H2,1-5H3. The van der Waals surface area contributed by atoms with Gasteiger partial charge in [-0.3, -0.25) is 0 Å². The molecule has 0 N–H and O–H groups in total. The summed E-state index contributed by atoms with van der Waals surface area (Å²) in [5, 5.41) is 2.44. The van der Waals surface area contributed by atoms with Crippen LogP contribution in [-0.2, 0) is 30.4 Å². The van der Waals surface area contributed by atoms with Crippen molar-refractivity contribution in [2.45, 2.75) is 34.6 Å². The van der Waals surface area contributed by atoms with E-state index in [4.69, 9.17) is 30.4 Å². The van der Waals surface area contributed by atoms with Gasteiger partial charge in [0.15, 0.2) is 0 Å². The number of benzene rings is 3. The molecule has 0 saturated carbocycles. The second-order valence-electron chi connectivity index (χ2n) is 8.14. The lowest BCUT2D eigenvalue weighted by atomic mass is 10.4. The highest BCUT2D eigenvalue weighted by atomic mass is 28.5. The molecule has 0 amide bonds. The third-order valence-corrected chi connectivity index (χ3v) is 16.4. The second-order valence-corrected chi connectivity index (χ2v) is 16.3. The van der Waals surface area contributed by atoms with Crippen LogP contribution in [0.2, 0.25) is 0 Å². The first-order valence-electron chi connectivity index (χ1n) is 13.3. The summed E-state index contributed by atoms with van der Waals surface area (Å²) in [5.74, 6) is 0. The van der Waals surface area contributed by atoms with Gasteiger partial charge in [-0.15, -0.1) is 0 Å². The van der Waals surface area contributed by atoms with E-state index in [1.54, 1.807) is 0 Å². The van der Waals surface area contributed by atoms with Crippen LogP contribution in [0.25, 0.3) is 0 Å². The molecule has 10 heteroatoms. The summed E-state index contributed by atoms with van der Waals surface area (Å²) < 4.78 is 46.6. The molecule has 0 radical (unpaired) electrons. The van der Waals surface area contributed by atoms with Crippen LogP contribution < -0.4 is 15.6 Å². The highest BCUT2D eigenvalue weighted by molar-refractivity contribution is 6.93. The topological polar surface area (TPSA) is 64.6 Å². The second kappa shape index (κ2) is 15.0. The highest BCUT2D eigenvalue weighted by Gasteiger charge is 2.62. The minimum absolute atomic E-state index is 0.343. The van der Waals surface area contributed by atoms with Gasteiger partial charge in [-0.25, -0.2) is 0 Å². The van der Waals surface area contributed by atoms with E-state index in [1.165, 1.54) is 0 Å². The summed E-state index contributed by atoms with van der Waals surface area (Å²) in [6, 6.07) is 29.4. The third kappa shape index (κ3) is 7.16. The summed E-state index contributed by atoms with van der Waals surface area (Å²) >= 11 is 0. The maximum atomic E-state index is 7.15. The fourth-order valence-electron chi connectivity index (χ4n) is 4.16. The fourth-order valence-corrected chi connectivity index (χ4v) is 15.5. The molecule has 0 aromatic heterocycles. The van der Waals surface area contributed by atoms with Gasteiger partial charge in [-0.1, -0.05) is 91.0 Å². The van der Waals surface area contributed by atoms with Gasteiger partial charge < -0.3 is 30.4 Å². The summed E-state index contributed by atoms with van der Waals surface area (Å²) in [5.41, 5.74) is 0. The van der Waals surface area contributed by atoms with Crippen molar-refractivity contribution in [1.29, 1.82) is 0 Å². The van der Waals surface area contributed by atoms with Crippen molar-refractivity contribution < 1.29 is 30.4 Å². The van der Waals surface area contributed by atoms with Crippen LogP contribution >= 0.6 is 0 Å². The van der Waals surface area contributed by atoms with Crippen LogP contribution in [0.3, 0.4) is 0 Å². The maximum Gasteiger partial charge on any atom is 0.530 e. The van der Waals surface area contributed by atoms with Gasteiger partial charge in [0.2, 0.25) is 0 Å². The first-order valence-corrected chi connectivity index (χ1v) is 18.5. The van der Waals surface area contributed by atoms with Gasteiger partial charge in [-0.05, 0) is 34.6 Å². The Morgan fingerprint density at radius 3 is 0.868 bits per heavy atom. The Morgan fingerprint density at radius 2 is 0.605 bits per heavy atom. The quantitative estimate of drug-likeness (QED) is 0.228. The van der Waals surface area contributed by atoms with Crippen LogP contribution in [0.1, 0.15) is 34.6 Å². The minimum atomic E-state index is -3.83. The van der Waals surface area contributed by atoms with Crippen molar-refractivity contribution in [3.05, 3.63) is 91.0 Å². The zero-order chi connectivity index (χ0) is 27.3. The number of hydrogen-bond donors (Lipinski definition) is 0. The molecule has 0 aliphatic rings. The van der Waals surface area contributed by atoms with Crippen molar-refractivity contribution in [2.24, 2.45) is 0 Å². The van der Waals surface area contributed by atoms with Crippen LogP contribution in [0, 0.1) is 0 Å². The molecule has 3 aromatic rings. The summed E-state index contributed by atoms with van der Waals surface area (Å²) in [7, 11) is -10.9. The van der Waals surface area contributed by atoms with Gasteiger partial charge in [0.05, 0.1) is 0 Å². The molecule has 0 fully saturated rings. The van der Waals surface area contributed by atoms with E-state index >= 15 is 0 Å². The predicted molar refractivity (Wildman–Crippen MR) is 156 cm³/mol. The number of hydrogen-bond acceptors (Lipinski definition) is 7. The fraction of sp³-hybridized carbons (Fsp3) is 0.357. The zero-order valence-corrected chi connectivity index (χ0v) is 26.1. The smallest absolute Gasteiger partial charge is 0.371 e. The normalized spacial score (nSPS) is 12.6. The largest absolute Gasteiger partial charge is 0.530 e.